The van der Waals surface area contributed by atoms with E-state index in [0.29, 0.717) is 55.6 Å². The van der Waals surface area contributed by atoms with Gasteiger partial charge in [-0.25, -0.2) is 23.2 Å². The number of aliphatic carboxylic acids is 2. The highest BCUT2D eigenvalue weighted by Gasteiger charge is 2.42. The SMILES string of the molecule is CN(C)C(=O)NC1(c2ccccc2)CCN(CC[C@@]2(c3ccc(F)c(F)c3)CN(C(=O)c3ccccc3)CCO2)CC1.O=C(O)C=CC(=O)O. The molecule has 5 rings (SSSR count). The highest BCUT2D eigenvalue weighted by atomic mass is 19.2. The summed E-state index contributed by atoms with van der Waals surface area (Å²) in [6, 6.07) is 22.8. The zero-order chi connectivity index (χ0) is 36.3. The number of carboxylic acid groups (broad SMARTS) is 2. The van der Waals surface area contributed by atoms with E-state index in [1.165, 1.54) is 6.07 Å². The number of ether oxygens (including phenoxy) is 1. The molecule has 0 aromatic heterocycles. The highest BCUT2D eigenvalue weighted by Crippen LogP contribution is 2.37. The van der Waals surface area contributed by atoms with Crippen molar-refractivity contribution in [1.82, 2.24) is 20.0 Å². The van der Waals surface area contributed by atoms with Crippen molar-refractivity contribution < 1.29 is 42.9 Å². The summed E-state index contributed by atoms with van der Waals surface area (Å²) in [6.45, 7) is 3.00. The van der Waals surface area contributed by atoms with Gasteiger partial charge in [-0.1, -0.05) is 54.6 Å². The molecule has 3 amide bonds. The number of hydrogen-bond acceptors (Lipinski definition) is 6. The van der Waals surface area contributed by atoms with Gasteiger partial charge in [-0.15, -0.1) is 0 Å². The summed E-state index contributed by atoms with van der Waals surface area (Å²) >= 11 is 0. The van der Waals surface area contributed by atoms with E-state index in [9.17, 15) is 28.0 Å². The van der Waals surface area contributed by atoms with Crippen LogP contribution in [-0.2, 0) is 25.5 Å². The van der Waals surface area contributed by atoms with E-state index >= 15 is 0 Å². The number of urea groups is 1. The summed E-state index contributed by atoms with van der Waals surface area (Å²) in [5.74, 6) is -4.49. The number of halogens is 2. The van der Waals surface area contributed by atoms with Gasteiger partial charge in [0.25, 0.3) is 5.91 Å². The minimum absolute atomic E-state index is 0.117. The minimum atomic E-state index is -1.26. The van der Waals surface area contributed by atoms with Crippen LogP contribution in [0.4, 0.5) is 13.6 Å². The monoisotopic (exact) mass is 692 g/mol. The average molecular weight is 693 g/mol. The molecule has 3 aromatic carbocycles. The second-order valence-corrected chi connectivity index (χ2v) is 12.4. The van der Waals surface area contributed by atoms with Crippen LogP contribution in [0.15, 0.2) is 91.0 Å². The quantitative estimate of drug-likeness (QED) is 0.275. The molecular formula is C37H42F2N4O7. The van der Waals surface area contributed by atoms with E-state index in [4.69, 9.17) is 14.9 Å². The van der Waals surface area contributed by atoms with Crippen molar-refractivity contribution in [2.75, 3.05) is 53.4 Å². The predicted octanol–water partition coefficient (Wildman–Crippen LogP) is 4.70. The Morgan fingerprint density at radius 1 is 0.840 bits per heavy atom. The lowest BCUT2D eigenvalue weighted by Gasteiger charge is -2.46. The van der Waals surface area contributed by atoms with Crippen LogP contribution >= 0.6 is 0 Å². The molecule has 3 aromatic rings. The summed E-state index contributed by atoms with van der Waals surface area (Å²) in [5, 5.41) is 18.9. The molecule has 2 aliphatic heterocycles. The number of hydrogen-bond donors (Lipinski definition) is 3. The van der Waals surface area contributed by atoms with Gasteiger partial charge in [-0.05, 0) is 54.7 Å². The van der Waals surface area contributed by atoms with E-state index in [-0.39, 0.29) is 25.1 Å². The zero-order valence-electron chi connectivity index (χ0n) is 28.1. The lowest BCUT2D eigenvalue weighted by atomic mass is 9.80. The average Bonchev–Trinajstić information content (AvgIpc) is 3.12. The van der Waals surface area contributed by atoms with Crippen LogP contribution in [0.5, 0.6) is 0 Å². The van der Waals surface area contributed by atoms with E-state index in [2.05, 4.69) is 22.3 Å². The maximum Gasteiger partial charge on any atom is 0.328 e. The summed E-state index contributed by atoms with van der Waals surface area (Å²) in [5.41, 5.74) is 0.679. The first-order chi connectivity index (χ1) is 23.8. The van der Waals surface area contributed by atoms with Crippen LogP contribution in [0.3, 0.4) is 0 Å². The van der Waals surface area contributed by atoms with Gasteiger partial charge >= 0.3 is 18.0 Å². The number of carbonyl (C=O) groups excluding carboxylic acids is 2. The van der Waals surface area contributed by atoms with Gasteiger partial charge in [0.2, 0.25) is 0 Å². The highest BCUT2D eigenvalue weighted by molar-refractivity contribution is 5.94. The fraction of sp³-hybridized carbons (Fsp3) is 0.351. The van der Waals surface area contributed by atoms with Crippen LogP contribution in [0.25, 0.3) is 0 Å². The lowest BCUT2D eigenvalue weighted by molar-refractivity contribution is -0.134. The minimum Gasteiger partial charge on any atom is -0.478 e. The number of carboxylic acids is 2. The van der Waals surface area contributed by atoms with Crippen LogP contribution in [0.1, 0.15) is 40.7 Å². The van der Waals surface area contributed by atoms with Crippen molar-refractivity contribution in [3.05, 3.63) is 119 Å². The van der Waals surface area contributed by atoms with Gasteiger partial charge in [0.15, 0.2) is 11.6 Å². The fourth-order valence-electron chi connectivity index (χ4n) is 6.17. The van der Waals surface area contributed by atoms with E-state index in [1.807, 2.05) is 36.4 Å². The third-order valence-electron chi connectivity index (χ3n) is 8.93. The predicted molar refractivity (Wildman–Crippen MR) is 181 cm³/mol. The standard InChI is InChI=1S/C33H38F2N4O3.C4H4O4/c1-37(2)31(41)36-32(26-11-7-4-8-12-26)15-18-38(19-16-32)20-17-33(27-13-14-28(34)29(35)23-27)24-39(21-22-42-33)30(40)25-9-5-3-6-10-25;5-3(6)1-2-4(7)8/h3-14,23H,15-22,24H2,1-2H3,(H,36,41);1-2H,(H,5,6)(H,7,8)/t33-;/m0./s1. The maximum absolute atomic E-state index is 14.5. The number of amides is 3. The van der Waals surface area contributed by atoms with Crippen molar-refractivity contribution in [1.29, 1.82) is 0 Å². The number of carbonyl (C=O) groups is 4. The van der Waals surface area contributed by atoms with Gasteiger partial charge in [0.1, 0.15) is 5.60 Å². The summed E-state index contributed by atoms with van der Waals surface area (Å²) in [7, 11) is 3.47. The number of benzene rings is 3. The molecule has 50 heavy (non-hydrogen) atoms. The molecule has 0 radical (unpaired) electrons. The molecule has 266 valence electrons. The van der Waals surface area contributed by atoms with E-state index < -0.39 is 34.7 Å². The smallest absolute Gasteiger partial charge is 0.328 e. The fourth-order valence-corrected chi connectivity index (χ4v) is 6.17. The summed E-state index contributed by atoms with van der Waals surface area (Å²) < 4.78 is 34.8. The number of morpholine rings is 1. The molecule has 0 unspecified atom stereocenters. The normalized spacial score (nSPS) is 18.8. The first-order valence-electron chi connectivity index (χ1n) is 16.2. The zero-order valence-corrected chi connectivity index (χ0v) is 28.1. The van der Waals surface area contributed by atoms with Gasteiger partial charge in [0, 0.05) is 58.0 Å². The maximum atomic E-state index is 14.5. The Morgan fingerprint density at radius 3 is 2.00 bits per heavy atom. The van der Waals surface area contributed by atoms with Crippen molar-refractivity contribution in [3.8, 4) is 0 Å². The Morgan fingerprint density at radius 2 is 1.44 bits per heavy atom. The van der Waals surface area contributed by atoms with Crippen LogP contribution < -0.4 is 5.32 Å². The number of nitrogens with zero attached hydrogens (tertiary/aromatic N) is 3. The van der Waals surface area contributed by atoms with Crippen molar-refractivity contribution >= 4 is 23.9 Å². The Bertz CT molecular complexity index is 1650. The Kier molecular flexibility index (Phi) is 12.8. The molecule has 2 fully saturated rings. The van der Waals surface area contributed by atoms with Crippen LogP contribution in [0, 0.1) is 11.6 Å². The van der Waals surface area contributed by atoms with Crippen molar-refractivity contribution in [2.24, 2.45) is 0 Å². The third kappa shape index (κ3) is 9.73. The lowest BCUT2D eigenvalue weighted by Crippen LogP contribution is -2.56. The topological polar surface area (TPSA) is 140 Å². The summed E-state index contributed by atoms with van der Waals surface area (Å²) in [6.07, 6.45) is 3.03. The molecule has 0 aliphatic carbocycles. The first-order valence-corrected chi connectivity index (χ1v) is 16.2. The molecule has 2 heterocycles. The molecule has 13 heteroatoms. The summed E-state index contributed by atoms with van der Waals surface area (Å²) in [4.78, 5) is 50.8. The van der Waals surface area contributed by atoms with E-state index in [0.717, 1.165) is 24.7 Å². The number of likely N-dealkylation sites (tertiary alicyclic amines) is 1. The Labute approximate surface area is 289 Å². The molecule has 1 atom stereocenters. The molecule has 3 N–H and O–H groups in total. The van der Waals surface area contributed by atoms with Gasteiger partial charge in [-0.3, -0.25) is 4.79 Å². The first kappa shape index (κ1) is 37.7. The molecule has 2 saturated heterocycles. The molecular weight excluding hydrogens is 650 g/mol. The third-order valence-corrected chi connectivity index (χ3v) is 8.93. The number of rotatable bonds is 9. The number of piperidine rings is 1. The molecule has 11 nitrogen and oxygen atoms in total. The molecule has 0 bridgehead atoms. The Balaban J connectivity index is 0.000000627. The van der Waals surface area contributed by atoms with Gasteiger partial charge < -0.3 is 35.0 Å². The second-order valence-electron chi connectivity index (χ2n) is 12.4. The van der Waals surface area contributed by atoms with Crippen LogP contribution in [-0.4, -0.2) is 102 Å². The molecule has 0 spiro atoms. The van der Waals surface area contributed by atoms with Gasteiger partial charge in [0.05, 0.1) is 18.7 Å². The largest absolute Gasteiger partial charge is 0.478 e. The van der Waals surface area contributed by atoms with Gasteiger partial charge in [-0.2, -0.15) is 0 Å². The molecule has 0 saturated carbocycles. The van der Waals surface area contributed by atoms with Crippen molar-refractivity contribution in [2.45, 2.75) is 30.4 Å². The number of nitrogens with one attached hydrogen (secondary N) is 1. The van der Waals surface area contributed by atoms with Crippen molar-refractivity contribution in [3.63, 3.8) is 0 Å². The second kappa shape index (κ2) is 17.0. The molecule has 2 aliphatic rings. The van der Waals surface area contributed by atoms with Crippen LogP contribution in [0.2, 0.25) is 0 Å². The van der Waals surface area contributed by atoms with E-state index in [1.54, 1.807) is 42.1 Å². The Hall–Kier alpha value is -5.14.